The molecule has 0 aliphatic carbocycles. The normalized spacial score (nSPS) is 12.3. The van der Waals surface area contributed by atoms with E-state index >= 15 is 0 Å². The highest BCUT2D eigenvalue weighted by atomic mass is 32.2. The lowest BCUT2D eigenvalue weighted by Gasteiger charge is -1.98. The first-order valence-corrected chi connectivity index (χ1v) is 5.28. The molecule has 1 rings (SSSR count). The van der Waals surface area contributed by atoms with Gasteiger partial charge in [-0.25, -0.2) is 0 Å². The largest absolute Gasteiger partial charge is 0.481 e. The molecule has 0 heterocycles. The summed E-state index contributed by atoms with van der Waals surface area (Å²) < 4.78 is 11.2. The monoisotopic (exact) mass is 198 g/mol. The maximum atomic E-state index is 11.2. The van der Waals surface area contributed by atoms with Crippen LogP contribution >= 0.6 is 0 Å². The molecule has 0 aromatic heterocycles. The quantitative estimate of drug-likeness (QED) is 0.785. The first-order valence-electron chi connectivity index (χ1n) is 3.79. The maximum Gasteiger partial charge on any atom is 0.316 e. The lowest BCUT2D eigenvalue weighted by Crippen LogP contribution is -2.10. The van der Waals surface area contributed by atoms with Crippen molar-refractivity contribution in [2.24, 2.45) is 0 Å². The summed E-state index contributed by atoms with van der Waals surface area (Å²) in [6, 6.07) is 9.21. The van der Waals surface area contributed by atoms with Crippen molar-refractivity contribution in [1.82, 2.24) is 0 Å². The molecular weight excluding hydrogens is 188 g/mol. The summed E-state index contributed by atoms with van der Waals surface area (Å²) in [7, 11) is -1.30. The third-order valence-electron chi connectivity index (χ3n) is 1.45. The zero-order valence-electron chi connectivity index (χ0n) is 6.97. The minimum Gasteiger partial charge on any atom is -0.481 e. The van der Waals surface area contributed by atoms with Gasteiger partial charge in [0.25, 0.3) is 0 Å². The van der Waals surface area contributed by atoms with Crippen molar-refractivity contribution < 1.29 is 14.1 Å². The molecule has 0 radical (unpaired) electrons. The molecule has 0 aliphatic rings. The second-order valence-electron chi connectivity index (χ2n) is 2.61. The number of carboxylic acid groups (broad SMARTS) is 1. The van der Waals surface area contributed by atoms with Gasteiger partial charge in [-0.3, -0.25) is 9.00 Å². The molecule has 0 saturated heterocycles. The highest BCUT2D eigenvalue weighted by Crippen LogP contribution is 2.02. The van der Waals surface area contributed by atoms with E-state index in [1.807, 2.05) is 30.3 Å². The molecule has 4 heteroatoms. The Kier molecular flexibility index (Phi) is 3.64. The Balaban J connectivity index is 2.50. The third kappa shape index (κ3) is 3.85. The van der Waals surface area contributed by atoms with E-state index in [2.05, 4.69) is 0 Å². The molecule has 0 aliphatic heterocycles. The average molecular weight is 198 g/mol. The molecule has 1 N–H and O–H groups in total. The fraction of sp³-hybridized carbons (Fsp3) is 0.222. The van der Waals surface area contributed by atoms with Crippen molar-refractivity contribution in [3.8, 4) is 0 Å². The van der Waals surface area contributed by atoms with E-state index in [-0.39, 0.29) is 5.75 Å². The smallest absolute Gasteiger partial charge is 0.316 e. The molecule has 0 fully saturated rings. The van der Waals surface area contributed by atoms with Crippen LogP contribution in [0.25, 0.3) is 0 Å². The Morgan fingerprint density at radius 2 is 1.92 bits per heavy atom. The number of hydrogen-bond donors (Lipinski definition) is 1. The summed E-state index contributed by atoms with van der Waals surface area (Å²) in [6.45, 7) is 0. The van der Waals surface area contributed by atoms with Crippen LogP contribution in [0, 0.1) is 0 Å². The predicted octanol–water partition coefficient (Wildman–Crippen LogP) is 1.02. The van der Waals surface area contributed by atoms with Gasteiger partial charge in [-0.1, -0.05) is 30.3 Å². The molecule has 70 valence electrons. The zero-order chi connectivity index (χ0) is 9.68. The van der Waals surface area contributed by atoms with Crippen molar-refractivity contribution in [3.63, 3.8) is 0 Å². The minimum absolute atomic E-state index is 0.283. The first kappa shape index (κ1) is 9.92. The first-order chi connectivity index (χ1) is 6.18. The molecule has 1 atom stereocenters. The lowest BCUT2D eigenvalue weighted by molar-refractivity contribution is -0.133. The second kappa shape index (κ2) is 4.77. The van der Waals surface area contributed by atoms with Gasteiger partial charge >= 0.3 is 5.97 Å². The van der Waals surface area contributed by atoms with Crippen LogP contribution in [0.4, 0.5) is 0 Å². The van der Waals surface area contributed by atoms with E-state index in [0.29, 0.717) is 5.75 Å². The second-order valence-corrected chi connectivity index (χ2v) is 4.06. The Morgan fingerprint density at radius 3 is 2.46 bits per heavy atom. The Hall–Kier alpha value is -1.16. The van der Waals surface area contributed by atoms with Crippen molar-refractivity contribution in [2.45, 2.75) is 5.75 Å². The van der Waals surface area contributed by atoms with Crippen molar-refractivity contribution in [2.75, 3.05) is 5.75 Å². The molecule has 1 unspecified atom stereocenters. The van der Waals surface area contributed by atoms with Crippen molar-refractivity contribution >= 4 is 16.8 Å². The van der Waals surface area contributed by atoms with Crippen molar-refractivity contribution in [3.05, 3.63) is 35.9 Å². The van der Waals surface area contributed by atoms with E-state index in [9.17, 15) is 9.00 Å². The zero-order valence-corrected chi connectivity index (χ0v) is 7.79. The van der Waals surface area contributed by atoms with Gasteiger partial charge < -0.3 is 5.11 Å². The van der Waals surface area contributed by atoms with E-state index in [0.717, 1.165) is 5.56 Å². The molecule has 0 saturated carbocycles. The van der Waals surface area contributed by atoms with Gasteiger partial charge in [-0.2, -0.15) is 0 Å². The van der Waals surface area contributed by atoms with Crippen LogP contribution in [0.1, 0.15) is 5.56 Å². The lowest BCUT2D eigenvalue weighted by atomic mass is 10.2. The van der Waals surface area contributed by atoms with Crippen molar-refractivity contribution in [1.29, 1.82) is 0 Å². The van der Waals surface area contributed by atoms with Crippen LogP contribution in [0.2, 0.25) is 0 Å². The van der Waals surface area contributed by atoms with E-state index in [1.165, 1.54) is 0 Å². The van der Waals surface area contributed by atoms with Gasteiger partial charge in [-0.05, 0) is 5.56 Å². The maximum absolute atomic E-state index is 11.2. The van der Waals surface area contributed by atoms with Crippen LogP contribution < -0.4 is 0 Å². The van der Waals surface area contributed by atoms with Gasteiger partial charge in [0.1, 0.15) is 5.75 Å². The summed E-state index contributed by atoms with van der Waals surface area (Å²) in [5.41, 5.74) is 0.905. The van der Waals surface area contributed by atoms with Gasteiger partial charge in [0.15, 0.2) is 0 Å². The number of aliphatic carboxylic acids is 1. The molecule has 0 amide bonds. The summed E-state index contributed by atoms with van der Waals surface area (Å²) >= 11 is 0. The van der Waals surface area contributed by atoms with Gasteiger partial charge in [-0.15, -0.1) is 0 Å². The number of carboxylic acids is 1. The van der Waals surface area contributed by atoms with E-state index in [1.54, 1.807) is 0 Å². The van der Waals surface area contributed by atoms with Gasteiger partial charge in [0, 0.05) is 16.6 Å². The predicted molar refractivity (Wildman–Crippen MR) is 50.8 cm³/mol. The number of carbonyl (C=O) groups is 1. The minimum atomic E-state index is -1.30. The molecule has 1 aromatic carbocycles. The SMILES string of the molecule is O=C(O)CS(=O)Cc1ccccc1. The molecule has 0 bridgehead atoms. The van der Waals surface area contributed by atoms with Crippen LogP contribution in [-0.4, -0.2) is 21.0 Å². The van der Waals surface area contributed by atoms with E-state index in [4.69, 9.17) is 5.11 Å². The van der Waals surface area contributed by atoms with Gasteiger partial charge in [0.2, 0.25) is 0 Å². The number of benzene rings is 1. The molecular formula is C9H10O3S. The summed E-state index contributed by atoms with van der Waals surface area (Å²) in [5.74, 6) is -0.989. The molecule has 0 spiro atoms. The Labute approximate surface area is 78.9 Å². The summed E-state index contributed by atoms with van der Waals surface area (Å²) in [6.07, 6.45) is 0. The fourth-order valence-corrected chi connectivity index (χ4v) is 1.89. The van der Waals surface area contributed by atoms with E-state index < -0.39 is 16.8 Å². The highest BCUT2D eigenvalue weighted by Gasteiger charge is 2.05. The van der Waals surface area contributed by atoms with Gasteiger partial charge in [0.05, 0.1) is 0 Å². The summed E-state index contributed by atoms with van der Waals surface area (Å²) in [5, 5.41) is 8.37. The highest BCUT2D eigenvalue weighted by molar-refractivity contribution is 7.84. The molecule has 13 heavy (non-hydrogen) atoms. The topological polar surface area (TPSA) is 54.4 Å². The molecule has 3 nitrogen and oxygen atoms in total. The Morgan fingerprint density at radius 1 is 1.31 bits per heavy atom. The van der Waals surface area contributed by atoms with Crippen LogP contribution in [-0.2, 0) is 21.3 Å². The number of rotatable bonds is 4. The number of hydrogen-bond acceptors (Lipinski definition) is 2. The van der Waals surface area contributed by atoms with Crippen LogP contribution in [0.5, 0.6) is 0 Å². The van der Waals surface area contributed by atoms with Crippen LogP contribution in [0.15, 0.2) is 30.3 Å². The fourth-order valence-electron chi connectivity index (χ4n) is 0.949. The Bertz CT molecular complexity index is 308. The third-order valence-corrected chi connectivity index (χ3v) is 2.68. The van der Waals surface area contributed by atoms with Crippen LogP contribution in [0.3, 0.4) is 0 Å². The average Bonchev–Trinajstić information content (AvgIpc) is 2.04. The summed E-state index contributed by atoms with van der Waals surface area (Å²) in [4.78, 5) is 10.2. The standard InChI is InChI=1S/C9H10O3S/c10-9(11)7-13(12)6-8-4-2-1-3-5-8/h1-5H,6-7H2,(H,10,11). The molecule has 1 aromatic rings.